The number of hydrogen-bond donors (Lipinski definition) is 2. The number of anilines is 1. The molecule has 1 heterocycles. The van der Waals surface area contributed by atoms with Crippen LogP contribution >= 0.6 is 0 Å². The summed E-state index contributed by atoms with van der Waals surface area (Å²) in [4.78, 5) is 16.0. The van der Waals surface area contributed by atoms with E-state index < -0.39 is 0 Å². The molecule has 0 bridgehead atoms. The van der Waals surface area contributed by atoms with Crippen LogP contribution < -0.4 is 9.64 Å². The third kappa shape index (κ3) is 6.80. The van der Waals surface area contributed by atoms with Crippen LogP contribution in [0.3, 0.4) is 0 Å². The van der Waals surface area contributed by atoms with E-state index in [0.717, 1.165) is 67.8 Å². The predicted octanol–water partition coefficient (Wildman–Crippen LogP) is 6.76. The van der Waals surface area contributed by atoms with Gasteiger partial charge in [-0.2, -0.15) is 5.10 Å². The van der Waals surface area contributed by atoms with Gasteiger partial charge in [0.2, 0.25) is 5.91 Å². The highest BCUT2D eigenvalue weighted by atomic mass is 16.5. The van der Waals surface area contributed by atoms with Crippen molar-refractivity contribution in [3.63, 3.8) is 0 Å². The van der Waals surface area contributed by atoms with Crippen LogP contribution in [0.25, 0.3) is 12.2 Å². The van der Waals surface area contributed by atoms with Crippen molar-refractivity contribution in [2.24, 2.45) is 11.8 Å². The molecule has 2 aliphatic carbocycles. The van der Waals surface area contributed by atoms with Gasteiger partial charge in [-0.15, -0.1) is 0 Å². The maximum Gasteiger partial charge on any atom is 0.230 e. The zero-order valence-electron chi connectivity index (χ0n) is 23.2. The maximum absolute atomic E-state index is 13.9. The summed E-state index contributed by atoms with van der Waals surface area (Å²) in [5.41, 5.74) is 5.47. The van der Waals surface area contributed by atoms with Gasteiger partial charge in [0.15, 0.2) is 0 Å². The Labute approximate surface area is 232 Å². The topological polar surface area (TPSA) is 78.5 Å². The van der Waals surface area contributed by atoms with Crippen LogP contribution in [0.4, 0.5) is 5.69 Å². The summed E-state index contributed by atoms with van der Waals surface area (Å²) < 4.78 is 5.45. The molecule has 0 atom stereocenters. The molecule has 1 aromatic heterocycles. The molecule has 1 amide bonds. The lowest BCUT2D eigenvalue weighted by molar-refractivity contribution is -0.124. The van der Waals surface area contributed by atoms with Crippen LogP contribution in [0.15, 0.2) is 54.7 Å². The zero-order chi connectivity index (χ0) is 27.2. The van der Waals surface area contributed by atoms with Crippen LogP contribution in [0.5, 0.6) is 5.75 Å². The average molecular weight is 528 g/mol. The number of nitrogens with one attached hydrogen (secondary N) is 1. The van der Waals surface area contributed by atoms with Crippen LogP contribution in [0.2, 0.25) is 0 Å². The number of methoxy groups -OCH3 is 1. The number of aromatic nitrogens is 2. The molecule has 0 aliphatic heterocycles. The molecule has 39 heavy (non-hydrogen) atoms. The molecule has 0 spiro atoms. The summed E-state index contributed by atoms with van der Waals surface area (Å²) in [6.07, 6.45) is 13.0. The monoisotopic (exact) mass is 527 g/mol. The van der Waals surface area contributed by atoms with Gasteiger partial charge in [0.25, 0.3) is 0 Å². The fourth-order valence-electron chi connectivity index (χ4n) is 6.30. The minimum absolute atomic E-state index is 0.0183. The fraction of sp³-hybridized carbons (Fsp3) is 0.455. The number of amides is 1. The van der Waals surface area contributed by atoms with Crippen LogP contribution in [-0.4, -0.2) is 41.0 Å². The minimum atomic E-state index is -0.269. The lowest BCUT2D eigenvalue weighted by Gasteiger charge is -2.36. The quantitative estimate of drug-likeness (QED) is 0.339. The molecule has 206 valence electrons. The molecular weight excluding hydrogens is 486 g/mol. The van der Waals surface area contributed by atoms with Crippen molar-refractivity contribution < 1.29 is 14.6 Å². The molecule has 5 rings (SSSR count). The van der Waals surface area contributed by atoms with Crippen molar-refractivity contribution in [3.8, 4) is 5.75 Å². The van der Waals surface area contributed by atoms with Gasteiger partial charge in [-0.25, -0.2) is 0 Å². The normalized spacial score (nSPS) is 23.6. The van der Waals surface area contributed by atoms with E-state index in [1.807, 2.05) is 30.5 Å². The number of aromatic amines is 1. The standard InChI is InChI=1S/C33H41N3O3/c1-23-20-28(13-17-32(23)39-2)26-9-6-25(7-10-26)22-36(33(38)27-11-15-31(37)16-12-27)30-5-3-4-24(21-30)8-14-29-18-19-34-35-29/h3-5,8,13-14,17-21,25-27,31,37H,6-7,9-12,15-16,22H2,1-2H3,(H,34,35)/t25-,26-,27-,31-. The van der Waals surface area contributed by atoms with E-state index in [9.17, 15) is 9.90 Å². The van der Waals surface area contributed by atoms with Crippen molar-refractivity contribution in [1.82, 2.24) is 10.2 Å². The second-order valence-corrected chi connectivity index (χ2v) is 11.3. The van der Waals surface area contributed by atoms with E-state index in [0.29, 0.717) is 24.7 Å². The third-order valence-electron chi connectivity index (χ3n) is 8.64. The molecule has 2 aliphatic rings. The van der Waals surface area contributed by atoms with Gasteiger partial charge in [-0.05, 0) is 117 Å². The maximum atomic E-state index is 13.9. The Hall–Kier alpha value is -3.38. The summed E-state index contributed by atoms with van der Waals surface area (Å²) in [5.74, 6) is 2.17. The Balaban J connectivity index is 1.30. The summed E-state index contributed by atoms with van der Waals surface area (Å²) >= 11 is 0. The van der Waals surface area contributed by atoms with E-state index >= 15 is 0 Å². The lowest BCUT2D eigenvalue weighted by Crippen LogP contribution is -2.41. The van der Waals surface area contributed by atoms with Gasteiger partial charge >= 0.3 is 0 Å². The molecule has 0 saturated heterocycles. The number of rotatable bonds is 8. The number of hydrogen-bond acceptors (Lipinski definition) is 4. The lowest BCUT2D eigenvalue weighted by atomic mass is 9.78. The van der Waals surface area contributed by atoms with Crippen molar-refractivity contribution in [2.75, 3.05) is 18.6 Å². The Morgan fingerprint density at radius 3 is 2.51 bits per heavy atom. The highest BCUT2D eigenvalue weighted by molar-refractivity contribution is 5.95. The second kappa shape index (κ2) is 12.6. The first-order chi connectivity index (χ1) is 19.0. The molecule has 2 fully saturated rings. The van der Waals surface area contributed by atoms with Crippen molar-refractivity contribution in [3.05, 3.63) is 77.1 Å². The van der Waals surface area contributed by atoms with Gasteiger partial charge in [-0.1, -0.05) is 30.3 Å². The van der Waals surface area contributed by atoms with Gasteiger partial charge in [0, 0.05) is 24.3 Å². The Kier molecular flexibility index (Phi) is 8.82. The summed E-state index contributed by atoms with van der Waals surface area (Å²) in [6.45, 7) is 2.86. The predicted molar refractivity (Wildman–Crippen MR) is 157 cm³/mol. The van der Waals surface area contributed by atoms with Gasteiger partial charge in [0.05, 0.1) is 18.9 Å². The summed E-state index contributed by atoms with van der Waals surface area (Å²) in [7, 11) is 1.72. The number of carbonyl (C=O) groups is 1. The minimum Gasteiger partial charge on any atom is -0.496 e. The van der Waals surface area contributed by atoms with Crippen LogP contribution in [0, 0.1) is 18.8 Å². The number of carbonyl (C=O) groups excluding carboxylic acids is 1. The molecular formula is C33H41N3O3. The number of ether oxygens (including phenoxy) is 1. The van der Waals surface area contributed by atoms with E-state index in [4.69, 9.17) is 4.74 Å². The first kappa shape index (κ1) is 27.2. The van der Waals surface area contributed by atoms with E-state index in [1.54, 1.807) is 7.11 Å². The van der Waals surface area contributed by atoms with Gasteiger partial charge in [-0.3, -0.25) is 9.89 Å². The molecule has 6 heteroatoms. The first-order valence-electron chi connectivity index (χ1n) is 14.4. The molecule has 2 aromatic carbocycles. The Bertz CT molecular complexity index is 1250. The molecule has 2 saturated carbocycles. The van der Waals surface area contributed by atoms with E-state index in [1.165, 1.54) is 11.1 Å². The SMILES string of the molecule is COc1ccc([C@H]2CC[C@H](CN(c3cccc(C=Cc4cc[nH]n4)c3)C(=O)[C@H]3CC[C@H](O)CC3)CC2)cc1C. The smallest absolute Gasteiger partial charge is 0.230 e. The van der Waals surface area contributed by atoms with Crippen molar-refractivity contribution in [1.29, 1.82) is 0 Å². The van der Waals surface area contributed by atoms with Crippen LogP contribution in [0.1, 0.15) is 79.7 Å². The van der Waals surface area contributed by atoms with Crippen molar-refractivity contribution >= 4 is 23.7 Å². The van der Waals surface area contributed by atoms with E-state index in [2.05, 4.69) is 58.4 Å². The highest BCUT2D eigenvalue weighted by Gasteiger charge is 2.32. The first-order valence-corrected chi connectivity index (χ1v) is 14.4. The number of aryl methyl sites for hydroxylation is 1. The second-order valence-electron chi connectivity index (χ2n) is 11.3. The third-order valence-corrected chi connectivity index (χ3v) is 8.64. The number of nitrogens with zero attached hydrogens (tertiary/aromatic N) is 2. The summed E-state index contributed by atoms with van der Waals surface area (Å²) in [5, 5.41) is 17.1. The van der Waals surface area contributed by atoms with E-state index in [-0.39, 0.29) is 17.9 Å². The number of aliphatic hydroxyl groups is 1. The molecule has 2 N–H and O–H groups in total. The largest absolute Gasteiger partial charge is 0.496 e. The zero-order valence-corrected chi connectivity index (χ0v) is 23.2. The van der Waals surface area contributed by atoms with Crippen LogP contribution in [-0.2, 0) is 4.79 Å². The molecule has 0 radical (unpaired) electrons. The molecule has 3 aromatic rings. The van der Waals surface area contributed by atoms with Crippen molar-refractivity contribution in [2.45, 2.75) is 70.3 Å². The summed E-state index contributed by atoms with van der Waals surface area (Å²) in [6, 6.07) is 16.8. The fourth-order valence-corrected chi connectivity index (χ4v) is 6.30. The molecule has 6 nitrogen and oxygen atoms in total. The number of H-pyrrole nitrogens is 1. The Morgan fingerprint density at radius 2 is 1.82 bits per heavy atom. The number of aliphatic hydroxyl groups excluding tert-OH is 1. The van der Waals surface area contributed by atoms with Gasteiger partial charge in [0.1, 0.15) is 5.75 Å². The van der Waals surface area contributed by atoms with Gasteiger partial charge < -0.3 is 14.7 Å². The Morgan fingerprint density at radius 1 is 1.03 bits per heavy atom. The number of benzene rings is 2. The highest BCUT2D eigenvalue weighted by Crippen LogP contribution is 2.38. The average Bonchev–Trinajstić information content (AvgIpc) is 3.49. The molecule has 0 unspecified atom stereocenters.